The molecule has 0 saturated carbocycles. The molecule has 3 heteroatoms. The van der Waals surface area contributed by atoms with Gasteiger partial charge in [0.15, 0.2) is 0 Å². The molecule has 0 radical (unpaired) electrons. The number of nitrogens with zero attached hydrogens (tertiary/aromatic N) is 2. The third-order valence-electron chi connectivity index (χ3n) is 4.10. The summed E-state index contributed by atoms with van der Waals surface area (Å²) in [6, 6.07) is 10.6. The van der Waals surface area contributed by atoms with Crippen molar-refractivity contribution in [3.63, 3.8) is 0 Å². The minimum absolute atomic E-state index is 0.661. The zero-order valence-corrected chi connectivity index (χ0v) is 13.5. The standard InChI is InChI=1S/C18H27N3/c1-4-14(3)13-21(5-2)18-16(10-11-19)12-15-8-6-7-9-17(15)20-18/h6-9,12,14H,4-5,10-11,13,19H2,1-3H3. The van der Waals surface area contributed by atoms with Gasteiger partial charge in [-0.05, 0) is 43.5 Å². The number of hydrogen-bond acceptors (Lipinski definition) is 3. The van der Waals surface area contributed by atoms with E-state index < -0.39 is 0 Å². The molecule has 1 aromatic carbocycles. The molecule has 0 spiro atoms. The molecule has 0 bridgehead atoms. The summed E-state index contributed by atoms with van der Waals surface area (Å²) in [5, 5.41) is 1.20. The lowest BCUT2D eigenvalue weighted by Gasteiger charge is -2.27. The molecule has 2 aromatic rings. The number of nitrogens with two attached hydrogens (primary N) is 1. The van der Waals surface area contributed by atoms with Crippen LogP contribution in [0.3, 0.4) is 0 Å². The summed E-state index contributed by atoms with van der Waals surface area (Å²) in [6.45, 7) is 9.43. The van der Waals surface area contributed by atoms with Crippen molar-refractivity contribution in [3.8, 4) is 0 Å². The first-order valence-electron chi connectivity index (χ1n) is 8.03. The molecular weight excluding hydrogens is 258 g/mol. The lowest BCUT2D eigenvalue weighted by Crippen LogP contribution is -2.30. The van der Waals surface area contributed by atoms with Crippen molar-refractivity contribution in [1.82, 2.24) is 4.98 Å². The summed E-state index contributed by atoms with van der Waals surface area (Å²) in [7, 11) is 0. The van der Waals surface area contributed by atoms with Gasteiger partial charge in [0.1, 0.15) is 5.82 Å². The largest absolute Gasteiger partial charge is 0.356 e. The molecule has 1 atom stereocenters. The zero-order chi connectivity index (χ0) is 15.2. The normalized spacial score (nSPS) is 12.6. The number of benzene rings is 1. The molecule has 1 unspecified atom stereocenters. The summed E-state index contributed by atoms with van der Waals surface area (Å²) in [6.07, 6.45) is 2.07. The van der Waals surface area contributed by atoms with Gasteiger partial charge in [-0.2, -0.15) is 0 Å². The monoisotopic (exact) mass is 285 g/mol. The van der Waals surface area contributed by atoms with Gasteiger partial charge in [0.05, 0.1) is 5.52 Å². The average Bonchev–Trinajstić information content (AvgIpc) is 2.52. The number of rotatable bonds is 7. The lowest BCUT2D eigenvalue weighted by molar-refractivity contribution is 0.545. The van der Waals surface area contributed by atoms with E-state index in [9.17, 15) is 0 Å². The second-order valence-corrected chi connectivity index (χ2v) is 5.75. The molecule has 2 N–H and O–H groups in total. The Balaban J connectivity index is 2.45. The summed E-state index contributed by atoms with van der Waals surface area (Å²) >= 11 is 0. The van der Waals surface area contributed by atoms with Crippen LogP contribution >= 0.6 is 0 Å². The van der Waals surface area contributed by atoms with Gasteiger partial charge in [-0.1, -0.05) is 38.5 Å². The van der Waals surface area contributed by atoms with E-state index in [0.717, 1.165) is 30.8 Å². The molecule has 0 aliphatic heterocycles. The number of para-hydroxylation sites is 1. The average molecular weight is 285 g/mol. The molecule has 0 aliphatic rings. The number of fused-ring (bicyclic) bond motifs is 1. The fourth-order valence-corrected chi connectivity index (χ4v) is 2.63. The Kier molecular flexibility index (Phi) is 5.57. The minimum atomic E-state index is 0.661. The van der Waals surface area contributed by atoms with Crippen molar-refractivity contribution < 1.29 is 0 Å². The lowest BCUT2D eigenvalue weighted by atomic mass is 10.1. The highest BCUT2D eigenvalue weighted by atomic mass is 15.2. The zero-order valence-electron chi connectivity index (χ0n) is 13.5. The summed E-state index contributed by atoms with van der Waals surface area (Å²) in [5.41, 5.74) is 8.13. The Morgan fingerprint density at radius 1 is 1.24 bits per heavy atom. The predicted octanol–water partition coefficient (Wildman–Crippen LogP) is 3.61. The second kappa shape index (κ2) is 7.41. The van der Waals surface area contributed by atoms with Crippen molar-refractivity contribution in [2.75, 3.05) is 24.5 Å². The van der Waals surface area contributed by atoms with Crippen molar-refractivity contribution in [2.45, 2.75) is 33.6 Å². The SMILES string of the molecule is CCC(C)CN(CC)c1nc2ccccc2cc1CCN. The van der Waals surface area contributed by atoms with Crippen LogP contribution in [0.25, 0.3) is 10.9 Å². The van der Waals surface area contributed by atoms with Gasteiger partial charge >= 0.3 is 0 Å². The Bertz CT molecular complexity index is 580. The van der Waals surface area contributed by atoms with Crippen LogP contribution in [0, 0.1) is 5.92 Å². The van der Waals surface area contributed by atoms with E-state index in [0.29, 0.717) is 12.5 Å². The molecule has 1 aromatic heterocycles. The van der Waals surface area contributed by atoms with Crippen LogP contribution in [0.4, 0.5) is 5.82 Å². The van der Waals surface area contributed by atoms with E-state index in [1.165, 1.54) is 17.4 Å². The Labute approximate surface area is 128 Å². The van der Waals surface area contributed by atoms with Gasteiger partial charge in [-0.3, -0.25) is 0 Å². The summed E-state index contributed by atoms with van der Waals surface area (Å²) < 4.78 is 0. The van der Waals surface area contributed by atoms with Gasteiger partial charge in [-0.15, -0.1) is 0 Å². The fraction of sp³-hybridized carbons (Fsp3) is 0.500. The summed E-state index contributed by atoms with van der Waals surface area (Å²) in [5.74, 6) is 1.78. The number of aromatic nitrogens is 1. The minimum Gasteiger partial charge on any atom is -0.356 e. The van der Waals surface area contributed by atoms with Crippen molar-refractivity contribution in [1.29, 1.82) is 0 Å². The van der Waals surface area contributed by atoms with E-state index in [1.54, 1.807) is 0 Å². The number of anilines is 1. The van der Waals surface area contributed by atoms with Crippen molar-refractivity contribution in [2.24, 2.45) is 11.7 Å². The quantitative estimate of drug-likeness (QED) is 0.845. The number of pyridine rings is 1. The predicted molar refractivity (Wildman–Crippen MR) is 91.8 cm³/mol. The molecule has 3 nitrogen and oxygen atoms in total. The first-order chi connectivity index (χ1) is 10.2. The third-order valence-corrected chi connectivity index (χ3v) is 4.10. The van der Waals surface area contributed by atoms with Gasteiger partial charge < -0.3 is 10.6 Å². The Hall–Kier alpha value is -1.61. The molecular formula is C18H27N3. The highest BCUT2D eigenvalue weighted by Crippen LogP contribution is 2.25. The highest BCUT2D eigenvalue weighted by molar-refractivity contribution is 5.81. The molecule has 0 saturated heterocycles. The van der Waals surface area contributed by atoms with E-state index in [1.807, 2.05) is 6.07 Å². The van der Waals surface area contributed by atoms with E-state index in [-0.39, 0.29) is 0 Å². The van der Waals surface area contributed by atoms with Crippen molar-refractivity contribution in [3.05, 3.63) is 35.9 Å². The molecule has 0 fully saturated rings. The Morgan fingerprint density at radius 2 is 2.00 bits per heavy atom. The maximum Gasteiger partial charge on any atom is 0.132 e. The van der Waals surface area contributed by atoms with Crippen molar-refractivity contribution >= 4 is 16.7 Å². The maximum absolute atomic E-state index is 5.80. The smallest absolute Gasteiger partial charge is 0.132 e. The van der Waals surface area contributed by atoms with Gasteiger partial charge in [0.25, 0.3) is 0 Å². The third kappa shape index (κ3) is 3.73. The van der Waals surface area contributed by atoms with Crippen LogP contribution in [-0.4, -0.2) is 24.6 Å². The fourth-order valence-electron chi connectivity index (χ4n) is 2.63. The topological polar surface area (TPSA) is 42.2 Å². The van der Waals surface area contributed by atoms with Gasteiger partial charge in [0.2, 0.25) is 0 Å². The Morgan fingerprint density at radius 3 is 2.67 bits per heavy atom. The first kappa shape index (κ1) is 15.8. The van der Waals surface area contributed by atoms with E-state index in [4.69, 9.17) is 10.7 Å². The number of hydrogen-bond donors (Lipinski definition) is 1. The molecule has 21 heavy (non-hydrogen) atoms. The molecule has 1 heterocycles. The second-order valence-electron chi connectivity index (χ2n) is 5.75. The first-order valence-corrected chi connectivity index (χ1v) is 8.03. The summed E-state index contributed by atoms with van der Waals surface area (Å²) in [4.78, 5) is 7.32. The van der Waals surface area contributed by atoms with Gasteiger partial charge in [-0.25, -0.2) is 4.98 Å². The van der Waals surface area contributed by atoms with E-state index in [2.05, 4.69) is 49.9 Å². The van der Waals surface area contributed by atoms with Crippen LogP contribution in [0.2, 0.25) is 0 Å². The maximum atomic E-state index is 5.80. The van der Waals surface area contributed by atoms with Gasteiger partial charge in [0, 0.05) is 18.5 Å². The highest BCUT2D eigenvalue weighted by Gasteiger charge is 2.14. The van der Waals surface area contributed by atoms with Crippen LogP contribution in [-0.2, 0) is 6.42 Å². The van der Waals surface area contributed by atoms with Crippen LogP contribution < -0.4 is 10.6 Å². The molecule has 0 aliphatic carbocycles. The molecule has 2 rings (SSSR count). The van der Waals surface area contributed by atoms with Crippen LogP contribution in [0.1, 0.15) is 32.8 Å². The molecule has 0 amide bonds. The van der Waals surface area contributed by atoms with Crippen LogP contribution in [0.5, 0.6) is 0 Å². The molecule has 114 valence electrons. The van der Waals surface area contributed by atoms with E-state index >= 15 is 0 Å². The van der Waals surface area contributed by atoms with Crippen LogP contribution in [0.15, 0.2) is 30.3 Å².